The highest BCUT2D eigenvalue weighted by Crippen LogP contribution is 2.33. The molecule has 0 bridgehead atoms. The van der Waals surface area contributed by atoms with Gasteiger partial charge in [-0.1, -0.05) is 30.3 Å². The third-order valence-corrected chi connectivity index (χ3v) is 6.34. The number of aromatic nitrogens is 4. The number of rotatable bonds is 8. The van der Waals surface area contributed by atoms with Crippen LogP contribution in [0.3, 0.4) is 0 Å². The fourth-order valence-corrected chi connectivity index (χ4v) is 4.53. The molecular weight excluding hydrogens is 512 g/mol. The molecule has 210 valence electrons. The van der Waals surface area contributed by atoms with Crippen LogP contribution in [-0.4, -0.2) is 56.5 Å². The third kappa shape index (κ3) is 7.06. The van der Waals surface area contributed by atoms with Crippen molar-refractivity contribution < 1.29 is 4.79 Å². The van der Waals surface area contributed by atoms with Crippen LogP contribution in [0.15, 0.2) is 85.2 Å². The van der Waals surface area contributed by atoms with Gasteiger partial charge >= 0.3 is 6.03 Å². The molecule has 0 atom stereocenters. The van der Waals surface area contributed by atoms with Crippen molar-refractivity contribution in [2.45, 2.75) is 32.7 Å². The molecule has 0 unspecified atom stereocenters. The Labute approximate surface area is 240 Å². The summed E-state index contributed by atoms with van der Waals surface area (Å²) in [7, 11) is 4.15. The minimum absolute atomic E-state index is 0.262. The Morgan fingerprint density at radius 3 is 2.54 bits per heavy atom. The minimum Gasteiger partial charge on any atom is -0.333 e. The summed E-state index contributed by atoms with van der Waals surface area (Å²) < 4.78 is 2.02. The lowest BCUT2D eigenvalue weighted by molar-refractivity contribution is 0.244. The first-order valence-electron chi connectivity index (χ1n) is 13.7. The summed E-state index contributed by atoms with van der Waals surface area (Å²) in [5.41, 5.74) is 6.48. The van der Waals surface area contributed by atoms with Crippen molar-refractivity contribution in [1.29, 1.82) is 0 Å². The standard InChI is InChI=1S/C32H36N8O/c1-32(2,3)38-31(41)35-25-13-9-11-23(21-25)28-29(40-18-7-6-14-27(40)37-28)26-15-17-33-30(36-26)34-24-12-8-10-22(20-24)16-19-39(4)5/h6-15,17-18,20-21H,16,19H2,1-5H3,(H,33,34,36)(H2,35,38,41). The average molecular weight is 549 g/mol. The predicted molar refractivity (Wildman–Crippen MR) is 166 cm³/mol. The van der Waals surface area contributed by atoms with Crippen LogP contribution in [0.4, 0.5) is 22.1 Å². The highest BCUT2D eigenvalue weighted by Gasteiger charge is 2.19. The number of fused-ring (bicyclic) bond motifs is 1. The number of pyridine rings is 1. The van der Waals surface area contributed by atoms with Crippen molar-refractivity contribution in [2.24, 2.45) is 0 Å². The fraction of sp³-hybridized carbons (Fsp3) is 0.250. The number of anilines is 3. The van der Waals surface area contributed by atoms with Gasteiger partial charge in [0.05, 0.1) is 17.1 Å². The van der Waals surface area contributed by atoms with Crippen molar-refractivity contribution in [3.63, 3.8) is 0 Å². The van der Waals surface area contributed by atoms with Crippen LogP contribution in [0.2, 0.25) is 0 Å². The van der Waals surface area contributed by atoms with Gasteiger partial charge in [0.25, 0.3) is 0 Å². The molecule has 0 aliphatic heterocycles. The molecule has 3 aromatic heterocycles. The van der Waals surface area contributed by atoms with Gasteiger partial charge in [-0.3, -0.25) is 4.40 Å². The fourth-order valence-electron chi connectivity index (χ4n) is 4.53. The van der Waals surface area contributed by atoms with Crippen LogP contribution in [-0.2, 0) is 6.42 Å². The predicted octanol–water partition coefficient (Wildman–Crippen LogP) is 6.23. The maximum Gasteiger partial charge on any atom is 0.319 e. The number of likely N-dealkylation sites (N-methyl/N-ethyl adjacent to an activating group) is 1. The van der Waals surface area contributed by atoms with Gasteiger partial charge in [-0.25, -0.2) is 19.7 Å². The molecule has 2 amide bonds. The van der Waals surface area contributed by atoms with Gasteiger partial charge < -0.3 is 20.9 Å². The van der Waals surface area contributed by atoms with E-state index in [4.69, 9.17) is 9.97 Å². The molecule has 0 saturated carbocycles. The normalized spacial score (nSPS) is 11.6. The summed E-state index contributed by atoms with van der Waals surface area (Å²) in [6, 6.07) is 23.5. The molecule has 0 radical (unpaired) electrons. The van der Waals surface area contributed by atoms with Crippen molar-refractivity contribution in [1.82, 2.24) is 29.6 Å². The molecule has 0 fully saturated rings. The van der Waals surface area contributed by atoms with Crippen molar-refractivity contribution >= 4 is 29.0 Å². The molecule has 9 heteroatoms. The molecular formula is C32H36N8O. The summed E-state index contributed by atoms with van der Waals surface area (Å²) in [4.78, 5) is 29.0. The highest BCUT2D eigenvalue weighted by molar-refractivity contribution is 5.91. The first kappa shape index (κ1) is 27.8. The zero-order valence-corrected chi connectivity index (χ0v) is 24.1. The lowest BCUT2D eigenvalue weighted by Gasteiger charge is -2.20. The zero-order chi connectivity index (χ0) is 29.0. The highest BCUT2D eigenvalue weighted by atomic mass is 16.2. The van der Waals surface area contributed by atoms with Crippen molar-refractivity contribution in [3.8, 4) is 22.6 Å². The number of urea groups is 1. The molecule has 0 aliphatic carbocycles. The number of benzene rings is 2. The Kier molecular flexibility index (Phi) is 7.98. The Bertz CT molecular complexity index is 1670. The van der Waals surface area contributed by atoms with E-state index >= 15 is 0 Å². The molecule has 3 heterocycles. The second-order valence-electron chi connectivity index (χ2n) is 11.3. The number of amides is 2. The molecule has 41 heavy (non-hydrogen) atoms. The van der Waals surface area contributed by atoms with Gasteiger partial charge in [0.15, 0.2) is 0 Å². The number of hydrogen-bond acceptors (Lipinski definition) is 6. The van der Waals surface area contributed by atoms with E-state index in [0.29, 0.717) is 11.6 Å². The second kappa shape index (κ2) is 11.8. The van der Waals surface area contributed by atoms with E-state index in [1.807, 2.05) is 92.0 Å². The quantitative estimate of drug-likeness (QED) is 0.213. The molecule has 2 aromatic carbocycles. The van der Waals surface area contributed by atoms with Crippen LogP contribution in [0, 0.1) is 0 Å². The minimum atomic E-state index is -0.344. The lowest BCUT2D eigenvalue weighted by Crippen LogP contribution is -2.43. The van der Waals surface area contributed by atoms with Crippen LogP contribution >= 0.6 is 0 Å². The summed E-state index contributed by atoms with van der Waals surface area (Å²) in [6.45, 7) is 6.81. The topological polar surface area (TPSA) is 99.5 Å². The Morgan fingerprint density at radius 1 is 0.927 bits per heavy atom. The lowest BCUT2D eigenvalue weighted by atomic mass is 10.1. The van der Waals surface area contributed by atoms with E-state index in [1.165, 1.54) is 5.56 Å². The van der Waals surface area contributed by atoms with Gasteiger partial charge in [0.1, 0.15) is 5.65 Å². The average Bonchev–Trinajstić information content (AvgIpc) is 3.31. The number of nitrogens with zero attached hydrogens (tertiary/aromatic N) is 5. The zero-order valence-electron chi connectivity index (χ0n) is 24.1. The van der Waals surface area contributed by atoms with E-state index in [1.54, 1.807) is 6.20 Å². The Balaban J connectivity index is 1.48. The van der Waals surface area contributed by atoms with Crippen LogP contribution < -0.4 is 16.0 Å². The van der Waals surface area contributed by atoms with Gasteiger partial charge in [-0.15, -0.1) is 0 Å². The van der Waals surface area contributed by atoms with Crippen molar-refractivity contribution in [3.05, 3.63) is 90.8 Å². The number of hydrogen-bond donors (Lipinski definition) is 3. The molecule has 5 aromatic rings. The molecule has 5 rings (SSSR count). The first-order valence-corrected chi connectivity index (χ1v) is 13.7. The van der Waals surface area contributed by atoms with Gasteiger partial charge in [0.2, 0.25) is 5.95 Å². The van der Waals surface area contributed by atoms with E-state index in [2.05, 4.69) is 52.1 Å². The van der Waals surface area contributed by atoms with Crippen molar-refractivity contribution in [2.75, 3.05) is 31.3 Å². The number of carbonyl (C=O) groups excluding carboxylic acids is 1. The van der Waals surface area contributed by atoms with Gasteiger partial charge in [-0.05, 0) is 89.3 Å². The maximum atomic E-state index is 12.5. The first-order chi connectivity index (χ1) is 19.6. The van der Waals surface area contributed by atoms with Crippen LogP contribution in [0.5, 0.6) is 0 Å². The summed E-state index contributed by atoms with van der Waals surface area (Å²) >= 11 is 0. The maximum absolute atomic E-state index is 12.5. The molecule has 0 aliphatic rings. The van der Waals surface area contributed by atoms with E-state index in [0.717, 1.165) is 46.9 Å². The molecule has 9 nitrogen and oxygen atoms in total. The van der Waals surface area contributed by atoms with E-state index < -0.39 is 0 Å². The van der Waals surface area contributed by atoms with E-state index in [-0.39, 0.29) is 11.6 Å². The number of imidazole rings is 1. The molecule has 0 spiro atoms. The molecule has 3 N–H and O–H groups in total. The smallest absolute Gasteiger partial charge is 0.319 e. The largest absolute Gasteiger partial charge is 0.333 e. The van der Waals surface area contributed by atoms with Gasteiger partial charge in [0, 0.05) is 41.4 Å². The summed E-state index contributed by atoms with van der Waals surface area (Å²) in [6.07, 6.45) is 4.69. The number of carbonyl (C=O) groups is 1. The monoisotopic (exact) mass is 548 g/mol. The Morgan fingerprint density at radius 2 is 1.73 bits per heavy atom. The van der Waals surface area contributed by atoms with E-state index in [9.17, 15) is 4.79 Å². The summed E-state index contributed by atoms with van der Waals surface area (Å²) in [5.74, 6) is 0.498. The third-order valence-electron chi connectivity index (χ3n) is 6.34. The number of nitrogens with one attached hydrogen (secondary N) is 3. The Hall–Kier alpha value is -4.76. The SMILES string of the molecule is CN(C)CCc1cccc(Nc2nccc(-c3c(-c4cccc(NC(=O)NC(C)(C)C)c4)nc4ccccn34)n2)c1. The summed E-state index contributed by atoms with van der Waals surface area (Å²) in [5, 5.41) is 9.24. The second-order valence-corrected chi connectivity index (χ2v) is 11.3. The van der Waals surface area contributed by atoms with Crippen LogP contribution in [0.1, 0.15) is 26.3 Å². The molecule has 0 saturated heterocycles. The van der Waals surface area contributed by atoms with Gasteiger partial charge in [-0.2, -0.15) is 0 Å². The van der Waals surface area contributed by atoms with Crippen LogP contribution in [0.25, 0.3) is 28.3 Å².